The summed E-state index contributed by atoms with van der Waals surface area (Å²) >= 11 is 1.43. The summed E-state index contributed by atoms with van der Waals surface area (Å²) in [5, 5.41) is 3.13. The molecule has 132 valence electrons. The molecule has 2 aromatic rings. The van der Waals surface area contributed by atoms with E-state index >= 15 is 0 Å². The number of hydrogen-bond donors (Lipinski definition) is 1. The van der Waals surface area contributed by atoms with Gasteiger partial charge in [0.1, 0.15) is 0 Å². The molecule has 0 bridgehead atoms. The summed E-state index contributed by atoms with van der Waals surface area (Å²) in [5.74, 6) is 0.0482. The predicted octanol–water partition coefficient (Wildman–Crippen LogP) is 2.34. The number of nitrogens with one attached hydrogen (secondary N) is 1. The van der Waals surface area contributed by atoms with E-state index < -0.39 is 6.09 Å². The van der Waals surface area contributed by atoms with Crippen molar-refractivity contribution in [3.63, 3.8) is 0 Å². The minimum absolute atomic E-state index is 0.0482. The lowest BCUT2D eigenvalue weighted by Crippen LogP contribution is -2.40. The van der Waals surface area contributed by atoms with Crippen LogP contribution in [-0.4, -0.2) is 49.1 Å². The van der Waals surface area contributed by atoms with Gasteiger partial charge in [-0.2, -0.15) is 0 Å². The lowest BCUT2D eigenvalue weighted by atomic mass is 10.2. The molecule has 1 N–H and O–H groups in total. The summed E-state index contributed by atoms with van der Waals surface area (Å²) in [6.07, 6.45) is 0.236. The van der Waals surface area contributed by atoms with E-state index in [0.717, 1.165) is 29.2 Å². The number of methoxy groups -OCH3 is 1. The molecule has 1 aromatic carbocycles. The maximum Gasteiger partial charge on any atom is 0.413 e. The molecule has 0 aliphatic carbocycles. The summed E-state index contributed by atoms with van der Waals surface area (Å²) in [7, 11) is 3.11. The number of nitrogens with zero attached hydrogens (tertiary/aromatic N) is 3. The van der Waals surface area contributed by atoms with Gasteiger partial charge in [0.25, 0.3) is 0 Å². The Labute approximate surface area is 150 Å². The first-order valence-corrected chi connectivity index (χ1v) is 8.76. The lowest BCUT2D eigenvalue weighted by Gasteiger charge is -2.27. The van der Waals surface area contributed by atoms with Crippen molar-refractivity contribution in [1.82, 2.24) is 9.88 Å². The molecule has 7 nitrogen and oxygen atoms in total. The summed E-state index contributed by atoms with van der Waals surface area (Å²) in [6.45, 7) is 1.77. The highest BCUT2D eigenvalue weighted by Crippen LogP contribution is 2.28. The number of rotatable bonds is 4. The smallest absolute Gasteiger partial charge is 0.413 e. The molecule has 0 atom stereocenters. The van der Waals surface area contributed by atoms with Gasteiger partial charge >= 0.3 is 6.09 Å². The fraction of sp³-hybridized carbons (Fsp3) is 0.353. The molecule has 1 aliphatic rings. The largest absolute Gasteiger partial charge is 0.453 e. The van der Waals surface area contributed by atoms with Gasteiger partial charge in [-0.3, -0.25) is 15.0 Å². The van der Waals surface area contributed by atoms with Crippen LogP contribution >= 0.6 is 11.3 Å². The fourth-order valence-corrected chi connectivity index (χ4v) is 3.70. The van der Waals surface area contributed by atoms with Crippen LogP contribution in [0.1, 0.15) is 10.6 Å². The molecule has 0 saturated heterocycles. The Balaban J connectivity index is 1.61. The Bertz CT molecular complexity index is 763. The first-order chi connectivity index (χ1) is 12.1. The van der Waals surface area contributed by atoms with Crippen molar-refractivity contribution in [2.24, 2.45) is 0 Å². The van der Waals surface area contributed by atoms with Gasteiger partial charge in [-0.25, -0.2) is 9.78 Å². The number of amides is 2. The molecule has 8 heteroatoms. The SMILES string of the molecule is COC(=O)Nc1nc2c(s1)CN(CC(=O)N(C)c1ccccc1)CC2. The number of aromatic nitrogens is 1. The maximum absolute atomic E-state index is 12.5. The monoisotopic (exact) mass is 360 g/mol. The first-order valence-electron chi connectivity index (χ1n) is 7.94. The van der Waals surface area contributed by atoms with Crippen LogP contribution in [-0.2, 0) is 22.5 Å². The molecule has 3 rings (SSSR count). The minimum Gasteiger partial charge on any atom is -0.453 e. The van der Waals surface area contributed by atoms with Crippen molar-refractivity contribution < 1.29 is 14.3 Å². The molecule has 0 fully saturated rings. The maximum atomic E-state index is 12.5. The van der Waals surface area contributed by atoms with E-state index in [0.29, 0.717) is 18.2 Å². The Morgan fingerprint density at radius 1 is 1.36 bits per heavy atom. The normalized spacial score (nSPS) is 13.8. The van der Waals surface area contributed by atoms with Crippen molar-refractivity contribution in [2.45, 2.75) is 13.0 Å². The molecule has 2 heterocycles. The van der Waals surface area contributed by atoms with E-state index in [9.17, 15) is 9.59 Å². The van der Waals surface area contributed by atoms with Crippen LogP contribution in [0.4, 0.5) is 15.6 Å². The first kappa shape index (κ1) is 17.4. The summed E-state index contributed by atoms with van der Waals surface area (Å²) in [6, 6.07) is 9.59. The minimum atomic E-state index is -0.525. The van der Waals surface area contributed by atoms with Gasteiger partial charge in [0, 0.05) is 37.1 Å². The van der Waals surface area contributed by atoms with Crippen molar-refractivity contribution in [3.05, 3.63) is 40.9 Å². The Morgan fingerprint density at radius 2 is 2.12 bits per heavy atom. The molecule has 2 amide bonds. The van der Waals surface area contributed by atoms with Crippen LogP contribution in [0.15, 0.2) is 30.3 Å². The van der Waals surface area contributed by atoms with Crippen LogP contribution in [0.2, 0.25) is 0 Å². The molecule has 1 aromatic heterocycles. The van der Waals surface area contributed by atoms with E-state index in [2.05, 4.69) is 19.9 Å². The second-order valence-corrected chi connectivity index (χ2v) is 6.84. The van der Waals surface area contributed by atoms with E-state index in [4.69, 9.17) is 0 Å². The summed E-state index contributed by atoms with van der Waals surface area (Å²) < 4.78 is 4.58. The van der Waals surface area contributed by atoms with Crippen molar-refractivity contribution in [1.29, 1.82) is 0 Å². The van der Waals surface area contributed by atoms with Crippen LogP contribution < -0.4 is 10.2 Å². The number of thiazole rings is 1. The average molecular weight is 360 g/mol. The van der Waals surface area contributed by atoms with Crippen LogP contribution in [0.25, 0.3) is 0 Å². The quantitative estimate of drug-likeness (QED) is 0.906. The molecular formula is C17H20N4O3S. The highest BCUT2D eigenvalue weighted by Gasteiger charge is 2.24. The molecule has 0 unspecified atom stereocenters. The highest BCUT2D eigenvalue weighted by atomic mass is 32.1. The van der Waals surface area contributed by atoms with Gasteiger partial charge < -0.3 is 9.64 Å². The number of anilines is 2. The van der Waals surface area contributed by atoms with Gasteiger partial charge in [0.15, 0.2) is 5.13 Å². The lowest BCUT2D eigenvalue weighted by molar-refractivity contribution is -0.119. The number of benzene rings is 1. The van der Waals surface area contributed by atoms with Crippen LogP contribution in [0, 0.1) is 0 Å². The number of para-hydroxylation sites is 1. The zero-order valence-electron chi connectivity index (χ0n) is 14.2. The Hall–Kier alpha value is -2.45. The number of ether oxygens (including phenoxy) is 1. The number of fused-ring (bicyclic) bond motifs is 1. The third-order valence-electron chi connectivity index (χ3n) is 4.08. The molecule has 0 saturated carbocycles. The number of hydrogen-bond acceptors (Lipinski definition) is 6. The number of likely N-dealkylation sites (N-methyl/N-ethyl adjacent to an activating group) is 1. The third-order valence-corrected chi connectivity index (χ3v) is 5.08. The average Bonchev–Trinajstić information content (AvgIpc) is 3.03. The molecule has 1 aliphatic heterocycles. The van der Waals surface area contributed by atoms with Crippen LogP contribution in [0.5, 0.6) is 0 Å². The van der Waals surface area contributed by atoms with Gasteiger partial charge in [0.2, 0.25) is 5.91 Å². The van der Waals surface area contributed by atoms with E-state index in [1.54, 1.807) is 11.9 Å². The highest BCUT2D eigenvalue weighted by molar-refractivity contribution is 7.15. The van der Waals surface area contributed by atoms with Gasteiger partial charge in [-0.1, -0.05) is 29.5 Å². The van der Waals surface area contributed by atoms with E-state index in [1.807, 2.05) is 30.3 Å². The van der Waals surface area contributed by atoms with Gasteiger partial charge in [0.05, 0.1) is 19.3 Å². The standard InChI is InChI=1S/C17H20N4O3S/c1-20(12-6-4-3-5-7-12)15(22)11-21-9-8-13-14(10-21)25-16(18-13)19-17(23)24-2/h3-7H,8-11H2,1-2H3,(H,18,19,23). The van der Waals surface area contributed by atoms with Crippen molar-refractivity contribution in [2.75, 3.05) is 37.5 Å². The Morgan fingerprint density at radius 3 is 2.84 bits per heavy atom. The van der Waals surface area contributed by atoms with E-state index in [-0.39, 0.29) is 5.91 Å². The van der Waals surface area contributed by atoms with Gasteiger partial charge in [-0.15, -0.1) is 0 Å². The fourth-order valence-electron chi connectivity index (χ4n) is 2.67. The molecule has 0 radical (unpaired) electrons. The Kier molecular flexibility index (Phi) is 5.30. The zero-order chi connectivity index (χ0) is 17.8. The van der Waals surface area contributed by atoms with Gasteiger partial charge in [-0.05, 0) is 12.1 Å². The van der Waals surface area contributed by atoms with Crippen molar-refractivity contribution >= 4 is 34.2 Å². The summed E-state index contributed by atoms with van der Waals surface area (Å²) in [4.78, 5) is 33.1. The molecular weight excluding hydrogens is 340 g/mol. The second-order valence-electron chi connectivity index (χ2n) is 5.75. The van der Waals surface area contributed by atoms with Crippen LogP contribution in [0.3, 0.4) is 0 Å². The second kappa shape index (κ2) is 7.62. The van der Waals surface area contributed by atoms with Crippen molar-refractivity contribution in [3.8, 4) is 0 Å². The number of carbonyl (C=O) groups excluding carboxylic acids is 2. The third kappa shape index (κ3) is 4.15. The molecule has 0 spiro atoms. The number of carbonyl (C=O) groups is 2. The predicted molar refractivity (Wildman–Crippen MR) is 97.0 cm³/mol. The summed E-state index contributed by atoms with van der Waals surface area (Å²) in [5.41, 5.74) is 1.86. The van der Waals surface area contributed by atoms with E-state index in [1.165, 1.54) is 18.4 Å². The topological polar surface area (TPSA) is 74.8 Å². The zero-order valence-corrected chi connectivity index (χ0v) is 15.0. The molecule has 25 heavy (non-hydrogen) atoms.